The summed E-state index contributed by atoms with van der Waals surface area (Å²) in [5.41, 5.74) is 0. The van der Waals surface area contributed by atoms with E-state index in [0.717, 1.165) is 17.9 Å². The minimum atomic E-state index is 0.879. The van der Waals surface area contributed by atoms with Crippen LogP contribution in [0.1, 0.15) is 44.9 Å². The third kappa shape index (κ3) is 5.69. The van der Waals surface area contributed by atoms with Crippen LogP contribution in [0.3, 0.4) is 0 Å². The Morgan fingerprint density at radius 1 is 0.875 bits per heavy atom. The van der Waals surface area contributed by atoms with Crippen molar-refractivity contribution in [2.24, 2.45) is 11.8 Å². The topological polar surface area (TPSA) is 21.8 Å². The second-order valence-corrected chi connectivity index (χ2v) is 8.76. The van der Waals surface area contributed by atoms with Gasteiger partial charge >= 0.3 is 0 Å². The van der Waals surface area contributed by atoms with Gasteiger partial charge in [-0.1, -0.05) is 0 Å². The van der Waals surface area contributed by atoms with E-state index in [9.17, 15) is 0 Å². The molecule has 140 valence electrons. The van der Waals surface area contributed by atoms with Gasteiger partial charge < -0.3 is 20.0 Å². The van der Waals surface area contributed by atoms with Gasteiger partial charge in [0.1, 0.15) is 0 Å². The molecule has 0 bridgehead atoms. The predicted molar refractivity (Wildman–Crippen MR) is 103 cm³/mol. The summed E-state index contributed by atoms with van der Waals surface area (Å²) in [7, 11) is 4.61. The first-order valence-electron chi connectivity index (χ1n) is 10.5. The highest BCUT2D eigenvalue weighted by Crippen LogP contribution is 2.25. The molecule has 3 heterocycles. The number of hydrogen-bond acceptors (Lipinski definition) is 4. The Morgan fingerprint density at radius 2 is 1.54 bits per heavy atom. The second kappa shape index (κ2) is 9.51. The lowest BCUT2D eigenvalue weighted by molar-refractivity contribution is 0.0810. The molecule has 0 radical (unpaired) electrons. The summed E-state index contributed by atoms with van der Waals surface area (Å²) < 4.78 is 0. The molecule has 0 atom stereocenters. The fourth-order valence-corrected chi connectivity index (χ4v) is 4.97. The Bertz CT molecular complexity index is 340. The Hall–Kier alpha value is -0.160. The molecule has 0 aromatic heterocycles. The van der Waals surface area contributed by atoms with E-state index in [0.29, 0.717) is 0 Å². The smallest absolute Gasteiger partial charge is 0.0120 e. The zero-order valence-electron chi connectivity index (χ0n) is 16.2. The number of hydrogen-bond donors (Lipinski definition) is 1. The molecule has 0 aliphatic carbocycles. The van der Waals surface area contributed by atoms with Crippen LogP contribution in [-0.4, -0.2) is 87.2 Å². The van der Waals surface area contributed by atoms with Gasteiger partial charge in [0, 0.05) is 12.6 Å². The number of likely N-dealkylation sites (tertiary alicyclic amines) is 2. The lowest BCUT2D eigenvalue weighted by Gasteiger charge is -2.41. The molecule has 0 saturated carbocycles. The molecule has 0 spiro atoms. The van der Waals surface area contributed by atoms with Gasteiger partial charge in [0.25, 0.3) is 0 Å². The van der Waals surface area contributed by atoms with Crippen LogP contribution in [0.4, 0.5) is 0 Å². The first-order chi connectivity index (χ1) is 11.7. The van der Waals surface area contributed by atoms with Crippen LogP contribution in [0.2, 0.25) is 0 Å². The molecule has 3 saturated heterocycles. The maximum atomic E-state index is 3.48. The monoisotopic (exact) mass is 336 g/mol. The van der Waals surface area contributed by atoms with Crippen LogP contribution in [0.15, 0.2) is 0 Å². The summed E-state index contributed by atoms with van der Waals surface area (Å²) in [6, 6.07) is 0.879. The van der Waals surface area contributed by atoms with Gasteiger partial charge in [0.2, 0.25) is 0 Å². The Kier molecular flexibility index (Phi) is 7.38. The van der Waals surface area contributed by atoms with Gasteiger partial charge in [0.05, 0.1) is 0 Å². The average molecular weight is 337 g/mol. The SMILES string of the molecule is CN1CCC(N2CCC(CCN(C)CC3CCNCC3)CC2)CC1. The molecule has 1 N–H and O–H groups in total. The molecule has 4 nitrogen and oxygen atoms in total. The van der Waals surface area contributed by atoms with Gasteiger partial charge in [0.15, 0.2) is 0 Å². The van der Waals surface area contributed by atoms with Gasteiger partial charge in [-0.25, -0.2) is 0 Å². The highest BCUT2D eigenvalue weighted by molar-refractivity contribution is 4.83. The van der Waals surface area contributed by atoms with E-state index < -0.39 is 0 Å². The van der Waals surface area contributed by atoms with Crippen LogP contribution in [0.5, 0.6) is 0 Å². The minimum Gasteiger partial charge on any atom is -0.317 e. The zero-order chi connectivity index (χ0) is 16.8. The third-order valence-electron chi connectivity index (χ3n) is 6.80. The van der Waals surface area contributed by atoms with Crippen molar-refractivity contribution in [3.8, 4) is 0 Å². The van der Waals surface area contributed by atoms with E-state index >= 15 is 0 Å². The van der Waals surface area contributed by atoms with Crippen LogP contribution in [0, 0.1) is 11.8 Å². The first kappa shape index (κ1) is 18.6. The van der Waals surface area contributed by atoms with E-state index in [1.165, 1.54) is 97.3 Å². The van der Waals surface area contributed by atoms with E-state index in [4.69, 9.17) is 0 Å². The van der Waals surface area contributed by atoms with Gasteiger partial charge in [-0.2, -0.15) is 0 Å². The number of rotatable bonds is 6. The highest BCUT2D eigenvalue weighted by atomic mass is 15.2. The van der Waals surface area contributed by atoms with E-state index in [-0.39, 0.29) is 0 Å². The fourth-order valence-electron chi connectivity index (χ4n) is 4.97. The molecular weight excluding hydrogens is 296 g/mol. The first-order valence-corrected chi connectivity index (χ1v) is 10.5. The summed E-state index contributed by atoms with van der Waals surface area (Å²) in [5, 5.41) is 3.48. The van der Waals surface area contributed by atoms with E-state index in [1.54, 1.807) is 0 Å². The molecular formula is C20H40N4. The summed E-state index contributed by atoms with van der Waals surface area (Å²) in [6.45, 7) is 10.4. The maximum absolute atomic E-state index is 3.48. The highest BCUT2D eigenvalue weighted by Gasteiger charge is 2.27. The average Bonchev–Trinajstić information content (AvgIpc) is 2.62. The van der Waals surface area contributed by atoms with Crippen molar-refractivity contribution < 1.29 is 0 Å². The summed E-state index contributed by atoms with van der Waals surface area (Å²) >= 11 is 0. The van der Waals surface area contributed by atoms with E-state index in [2.05, 4.69) is 34.1 Å². The zero-order valence-corrected chi connectivity index (χ0v) is 16.2. The van der Waals surface area contributed by atoms with Crippen LogP contribution < -0.4 is 5.32 Å². The molecule has 3 aliphatic heterocycles. The Morgan fingerprint density at radius 3 is 2.21 bits per heavy atom. The standard InChI is InChI=1S/C20H40N4/c1-22-13-8-20(9-14-22)24-15-6-18(7-16-24)5-12-23(2)17-19-3-10-21-11-4-19/h18-21H,3-17H2,1-2H3. The van der Waals surface area contributed by atoms with Crippen LogP contribution in [-0.2, 0) is 0 Å². The van der Waals surface area contributed by atoms with Crippen molar-refractivity contribution in [1.82, 2.24) is 20.0 Å². The summed E-state index contributed by atoms with van der Waals surface area (Å²) in [5.74, 6) is 1.91. The van der Waals surface area contributed by atoms with Crippen molar-refractivity contribution in [1.29, 1.82) is 0 Å². The molecule has 0 aromatic carbocycles. The van der Waals surface area contributed by atoms with Crippen molar-refractivity contribution in [2.45, 2.75) is 51.0 Å². The van der Waals surface area contributed by atoms with Crippen LogP contribution >= 0.6 is 0 Å². The normalized spacial score (nSPS) is 27.1. The van der Waals surface area contributed by atoms with Crippen molar-refractivity contribution in [2.75, 3.05) is 66.5 Å². The largest absolute Gasteiger partial charge is 0.317 e. The Balaban J connectivity index is 1.29. The molecule has 24 heavy (non-hydrogen) atoms. The molecule has 3 fully saturated rings. The summed E-state index contributed by atoms with van der Waals surface area (Å²) in [6.07, 6.45) is 9.82. The number of nitrogens with one attached hydrogen (secondary N) is 1. The number of piperidine rings is 3. The molecule has 0 aromatic rings. The quantitative estimate of drug-likeness (QED) is 0.802. The molecule has 0 amide bonds. The Labute approximate surface area is 149 Å². The van der Waals surface area contributed by atoms with Crippen LogP contribution in [0.25, 0.3) is 0 Å². The molecule has 4 heteroatoms. The molecule has 0 unspecified atom stereocenters. The number of nitrogens with zero attached hydrogens (tertiary/aromatic N) is 3. The predicted octanol–water partition coefficient (Wildman–Crippen LogP) is 2.11. The van der Waals surface area contributed by atoms with Crippen molar-refractivity contribution >= 4 is 0 Å². The lowest BCUT2D eigenvalue weighted by Crippen LogP contribution is -2.47. The third-order valence-corrected chi connectivity index (χ3v) is 6.80. The maximum Gasteiger partial charge on any atom is 0.0120 e. The summed E-state index contributed by atoms with van der Waals surface area (Å²) in [4.78, 5) is 7.91. The van der Waals surface area contributed by atoms with E-state index in [1.807, 2.05) is 0 Å². The van der Waals surface area contributed by atoms with Gasteiger partial charge in [-0.15, -0.1) is 0 Å². The van der Waals surface area contributed by atoms with Gasteiger partial charge in [-0.05, 0) is 117 Å². The van der Waals surface area contributed by atoms with Crippen molar-refractivity contribution in [3.05, 3.63) is 0 Å². The molecule has 3 rings (SSSR count). The lowest BCUT2D eigenvalue weighted by atomic mass is 9.91. The van der Waals surface area contributed by atoms with Crippen molar-refractivity contribution in [3.63, 3.8) is 0 Å². The second-order valence-electron chi connectivity index (χ2n) is 8.76. The van der Waals surface area contributed by atoms with Gasteiger partial charge in [-0.3, -0.25) is 0 Å². The molecule has 3 aliphatic rings. The minimum absolute atomic E-state index is 0.879. The fraction of sp³-hybridized carbons (Fsp3) is 1.00.